The first-order valence-electron chi connectivity index (χ1n) is 11.0. The maximum Gasteiger partial charge on any atom is 0.305 e. The number of amides is 2. The molecule has 0 radical (unpaired) electrons. The van der Waals surface area contributed by atoms with Gasteiger partial charge in [-0.1, -0.05) is 6.07 Å². The molecule has 10 nitrogen and oxygen atoms in total. The van der Waals surface area contributed by atoms with E-state index in [4.69, 9.17) is 0 Å². The van der Waals surface area contributed by atoms with Crippen LogP contribution in [0.3, 0.4) is 0 Å². The first-order chi connectivity index (χ1) is 15.9. The summed E-state index contributed by atoms with van der Waals surface area (Å²) < 4.78 is 0.553. The van der Waals surface area contributed by atoms with Crippen LogP contribution < -0.4 is 20.3 Å². The van der Waals surface area contributed by atoms with Crippen molar-refractivity contribution in [2.75, 3.05) is 44.2 Å². The molecule has 1 atom stereocenters. The van der Waals surface area contributed by atoms with Gasteiger partial charge in [0.05, 0.1) is 19.0 Å². The van der Waals surface area contributed by atoms with Crippen LogP contribution in [0.1, 0.15) is 33.9 Å². The second kappa shape index (κ2) is 9.86. The first-order valence-corrected chi connectivity index (χ1v) is 11.0. The van der Waals surface area contributed by atoms with Crippen LogP contribution in [0.25, 0.3) is 0 Å². The Morgan fingerprint density at radius 2 is 2.00 bits per heavy atom. The van der Waals surface area contributed by atoms with Crippen molar-refractivity contribution in [2.45, 2.75) is 18.9 Å². The fourth-order valence-electron chi connectivity index (χ4n) is 4.30. The van der Waals surface area contributed by atoms with Gasteiger partial charge in [0.1, 0.15) is 0 Å². The lowest BCUT2D eigenvalue weighted by molar-refractivity contribution is -0.606. The second-order valence-corrected chi connectivity index (χ2v) is 8.27. The molecule has 1 saturated heterocycles. The number of nitrogens with zero attached hydrogens (tertiary/aromatic N) is 3. The van der Waals surface area contributed by atoms with Gasteiger partial charge < -0.3 is 30.7 Å². The molecule has 2 aliphatic rings. The minimum atomic E-state index is -1.11. The number of carbonyl (C=O) groups excluding carboxylic acids is 2. The molecule has 2 aliphatic heterocycles. The summed E-state index contributed by atoms with van der Waals surface area (Å²) in [5.74, 6) is -1.79. The monoisotopic (exact) mass is 453 g/mol. The molecule has 1 aromatic carbocycles. The van der Waals surface area contributed by atoms with Crippen molar-refractivity contribution >= 4 is 23.5 Å². The molecular weight excluding hydrogens is 426 g/mol. The van der Waals surface area contributed by atoms with Crippen LogP contribution in [0.5, 0.6) is 0 Å². The molecule has 2 aromatic rings. The van der Waals surface area contributed by atoms with Gasteiger partial charge in [0.25, 0.3) is 5.91 Å². The number of carboxylic acids is 1. The molecule has 0 unspecified atom stereocenters. The van der Waals surface area contributed by atoms with Gasteiger partial charge >= 0.3 is 5.97 Å². The lowest BCUT2D eigenvalue weighted by Gasteiger charge is -2.32. The van der Waals surface area contributed by atoms with E-state index in [1.54, 1.807) is 6.07 Å². The highest BCUT2D eigenvalue weighted by molar-refractivity contribution is 5.99. The Hall–Kier alpha value is -3.66. The van der Waals surface area contributed by atoms with Crippen molar-refractivity contribution in [3.8, 4) is 0 Å². The Balaban J connectivity index is 1.45. The summed E-state index contributed by atoms with van der Waals surface area (Å²) in [4.78, 5) is 40.9. The van der Waals surface area contributed by atoms with Gasteiger partial charge in [-0.2, -0.15) is 4.73 Å². The SMILES string of the molecule is O=C(O)C[C@H](NC(=O)CN1CCc2ccc(N3CCNCC3)cc2C1=O)c1ccc[n+]([O-])c1. The molecule has 0 saturated carbocycles. The molecule has 3 N–H and O–H groups in total. The van der Waals surface area contributed by atoms with Gasteiger partial charge in [-0.15, -0.1) is 0 Å². The van der Waals surface area contributed by atoms with Crippen molar-refractivity contribution in [1.82, 2.24) is 15.5 Å². The Kier molecular flexibility index (Phi) is 6.74. The third-order valence-corrected chi connectivity index (χ3v) is 5.99. The summed E-state index contributed by atoms with van der Waals surface area (Å²) in [6.07, 6.45) is 2.78. The number of carbonyl (C=O) groups is 3. The number of nitrogens with one attached hydrogen (secondary N) is 2. The van der Waals surface area contributed by atoms with Crippen LogP contribution in [0, 0.1) is 5.21 Å². The Morgan fingerprint density at radius 3 is 2.73 bits per heavy atom. The lowest BCUT2D eigenvalue weighted by atomic mass is 9.97. The second-order valence-electron chi connectivity index (χ2n) is 8.27. The largest absolute Gasteiger partial charge is 0.619 e. The molecule has 1 fully saturated rings. The van der Waals surface area contributed by atoms with Crippen molar-refractivity contribution < 1.29 is 24.2 Å². The van der Waals surface area contributed by atoms with E-state index in [0.717, 1.165) is 37.4 Å². The minimum Gasteiger partial charge on any atom is -0.619 e. The van der Waals surface area contributed by atoms with Gasteiger partial charge in [-0.3, -0.25) is 14.4 Å². The number of fused-ring (bicyclic) bond motifs is 1. The van der Waals surface area contributed by atoms with E-state index < -0.39 is 17.9 Å². The third-order valence-electron chi connectivity index (χ3n) is 5.99. The normalized spacial score (nSPS) is 16.8. The quantitative estimate of drug-likeness (QED) is 0.399. The predicted octanol–water partition coefficient (Wildman–Crippen LogP) is 0.0601. The summed E-state index contributed by atoms with van der Waals surface area (Å²) in [7, 11) is 0. The van der Waals surface area contributed by atoms with Crippen LogP contribution in [0.2, 0.25) is 0 Å². The summed E-state index contributed by atoms with van der Waals surface area (Å²) in [6.45, 7) is 3.74. The van der Waals surface area contributed by atoms with Gasteiger partial charge in [-0.25, -0.2) is 0 Å². The zero-order valence-electron chi connectivity index (χ0n) is 18.2. The molecule has 0 spiro atoms. The fourth-order valence-corrected chi connectivity index (χ4v) is 4.30. The van der Waals surface area contributed by atoms with Crippen molar-refractivity contribution in [3.63, 3.8) is 0 Å². The number of aromatic nitrogens is 1. The molecule has 2 amide bonds. The van der Waals surface area contributed by atoms with Gasteiger partial charge in [0, 0.05) is 55.6 Å². The maximum absolute atomic E-state index is 13.1. The van der Waals surface area contributed by atoms with E-state index in [1.165, 1.54) is 23.4 Å². The molecule has 0 bridgehead atoms. The number of benzene rings is 1. The number of rotatable bonds is 7. The fraction of sp³-hybridized carbons (Fsp3) is 0.391. The minimum absolute atomic E-state index is 0.184. The number of aliphatic carboxylic acids is 1. The standard InChI is InChI=1S/C23H27N5O5/c29-21(25-20(13-22(30)31)17-2-1-8-28(33)14-17)15-27-9-5-16-3-4-18(12-19(16)23(27)32)26-10-6-24-7-11-26/h1-4,8,12,14,20,24H,5-7,9-11,13,15H2,(H,25,29)(H,30,31)/t20-/m0/s1. The van der Waals surface area contributed by atoms with Gasteiger partial charge in [0.2, 0.25) is 5.91 Å². The molecule has 1 aromatic heterocycles. The van der Waals surface area contributed by atoms with Crippen LogP contribution in [-0.2, 0) is 16.0 Å². The number of pyridine rings is 1. The Bertz CT molecular complexity index is 1050. The third kappa shape index (κ3) is 5.40. The van der Waals surface area contributed by atoms with E-state index in [0.29, 0.717) is 28.8 Å². The van der Waals surface area contributed by atoms with Crippen molar-refractivity contribution in [2.24, 2.45) is 0 Å². The van der Waals surface area contributed by atoms with Crippen LogP contribution in [0.15, 0.2) is 42.7 Å². The smallest absolute Gasteiger partial charge is 0.305 e. The molecule has 4 rings (SSSR count). The Labute approximate surface area is 191 Å². The molecule has 3 heterocycles. The van der Waals surface area contributed by atoms with E-state index in [1.807, 2.05) is 18.2 Å². The first kappa shape index (κ1) is 22.5. The summed E-state index contributed by atoms with van der Waals surface area (Å²) in [5, 5.41) is 26.8. The highest BCUT2D eigenvalue weighted by Gasteiger charge is 2.28. The zero-order chi connectivity index (χ0) is 23.4. The number of carboxylic acid groups (broad SMARTS) is 1. The maximum atomic E-state index is 13.1. The van der Waals surface area contributed by atoms with E-state index in [9.17, 15) is 24.7 Å². The highest BCUT2D eigenvalue weighted by Crippen LogP contribution is 2.25. The Morgan fingerprint density at radius 1 is 1.21 bits per heavy atom. The van der Waals surface area contributed by atoms with Gasteiger partial charge in [0.15, 0.2) is 12.4 Å². The van der Waals surface area contributed by atoms with Crippen molar-refractivity contribution in [1.29, 1.82) is 0 Å². The molecular formula is C23H27N5O5. The summed E-state index contributed by atoms with van der Waals surface area (Å²) in [6, 6.07) is 8.13. The summed E-state index contributed by atoms with van der Waals surface area (Å²) >= 11 is 0. The van der Waals surface area contributed by atoms with E-state index >= 15 is 0 Å². The van der Waals surface area contributed by atoms with Crippen molar-refractivity contribution in [3.05, 3.63) is 64.6 Å². The van der Waals surface area contributed by atoms with E-state index in [2.05, 4.69) is 15.5 Å². The topological polar surface area (TPSA) is 129 Å². The molecule has 0 aliphatic carbocycles. The highest BCUT2D eigenvalue weighted by atomic mass is 16.5. The number of hydrogen-bond acceptors (Lipinski definition) is 6. The molecule has 33 heavy (non-hydrogen) atoms. The van der Waals surface area contributed by atoms with E-state index in [-0.39, 0.29) is 18.9 Å². The predicted molar refractivity (Wildman–Crippen MR) is 120 cm³/mol. The number of hydrogen-bond donors (Lipinski definition) is 3. The van der Waals surface area contributed by atoms with Crippen LogP contribution in [-0.4, -0.2) is 67.1 Å². The van der Waals surface area contributed by atoms with Gasteiger partial charge in [-0.05, 0) is 30.2 Å². The number of piperazine rings is 1. The zero-order valence-corrected chi connectivity index (χ0v) is 18.2. The molecule has 174 valence electrons. The summed E-state index contributed by atoms with van der Waals surface area (Å²) in [5.41, 5.74) is 2.94. The molecule has 10 heteroatoms. The van der Waals surface area contributed by atoms with Crippen LogP contribution >= 0.6 is 0 Å². The number of anilines is 1. The van der Waals surface area contributed by atoms with Crippen LogP contribution in [0.4, 0.5) is 5.69 Å². The lowest BCUT2D eigenvalue weighted by Crippen LogP contribution is -2.46. The average Bonchev–Trinajstić information content (AvgIpc) is 2.80. The average molecular weight is 453 g/mol.